The molecule has 17 heavy (non-hydrogen) atoms. The molecule has 1 fully saturated rings. The maximum absolute atomic E-state index is 11.9. The molecule has 1 aliphatic rings. The van der Waals surface area contributed by atoms with Crippen molar-refractivity contribution in [3.63, 3.8) is 0 Å². The minimum atomic E-state index is -0.235. The molecular formula is C13H26N2O2. The van der Waals surface area contributed by atoms with Crippen molar-refractivity contribution >= 4 is 5.91 Å². The molecule has 0 aromatic heterocycles. The van der Waals surface area contributed by atoms with Gasteiger partial charge in [0.15, 0.2) is 0 Å². The summed E-state index contributed by atoms with van der Waals surface area (Å²) < 4.78 is 5.85. The van der Waals surface area contributed by atoms with Gasteiger partial charge in [0, 0.05) is 19.6 Å². The third-order valence-electron chi connectivity index (χ3n) is 3.75. The molecule has 0 saturated heterocycles. The molecule has 100 valence electrons. The number of hydrogen-bond acceptors (Lipinski definition) is 3. The molecule has 0 bridgehead atoms. The van der Waals surface area contributed by atoms with Crippen LogP contribution in [0, 0.1) is 0 Å². The van der Waals surface area contributed by atoms with Crippen LogP contribution >= 0.6 is 0 Å². The van der Waals surface area contributed by atoms with Gasteiger partial charge in [-0.1, -0.05) is 19.3 Å². The lowest BCUT2D eigenvalue weighted by Gasteiger charge is -2.36. The van der Waals surface area contributed by atoms with Gasteiger partial charge in [0.2, 0.25) is 5.91 Å². The zero-order chi connectivity index (χ0) is 12.7. The largest absolute Gasteiger partial charge is 0.364 e. The predicted octanol–water partition coefficient (Wildman–Crippen LogP) is 1.53. The van der Waals surface area contributed by atoms with Crippen molar-refractivity contribution in [1.82, 2.24) is 4.90 Å². The lowest BCUT2D eigenvalue weighted by Crippen LogP contribution is -2.45. The van der Waals surface area contributed by atoms with Crippen LogP contribution in [-0.4, -0.2) is 42.6 Å². The Morgan fingerprint density at radius 2 is 1.82 bits per heavy atom. The standard InChI is InChI=1S/C13H26N2O2/c1-3-15(4-2)12(16)10-17-13(11-14)8-6-5-7-9-13/h3-11,14H2,1-2H3. The van der Waals surface area contributed by atoms with Crippen LogP contribution in [0.5, 0.6) is 0 Å². The van der Waals surface area contributed by atoms with Crippen LogP contribution in [0.25, 0.3) is 0 Å². The van der Waals surface area contributed by atoms with E-state index in [1.807, 2.05) is 13.8 Å². The van der Waals surface area contributed by atoms with Crippen molar-refractivity contribution in [2.24, 2.45) is 5.73 Å². The van der Waals surface area contributed by atoms with Gasteiger partial charge in [-0.25, -0.2) is 0 Å². The van der Waals surface area contributed by atoms with Gasteiger partial charge in [-0.3, -0.25) is 4.79 Å². The van der Waals surface area contributed by atoms with E-state index in [-0.39, 0.29) is 18.1 Å². The highest BCUT2D eigenvalue weighted by molar-refractivity contribution is 5.77. The minimum absolute atomic E-state index is 0.0772. The zero-order valence-corrected chi connectivity index (χ0v) is 11.2. The molecule has 0 spiro atoms. The number of likely N-dealkylation sites (N-methyl/N-ethyl adjacent to an activating group) is 1. The Morgan fingerprint density at radius 1 is 1.24 bits per heavy atom. The van der Waals surface area contributed by atoms with Gasteiger partial charge >= 0.3 is 0 Å². The van der Waals surface area contributed by atoms with E-state index in [1.165, 1.54) is 6.42 Å². The lowest BCUT2D eigenvalue weighted by molar-refractivity contribution is -0.145. The van der Waals surface area contributed by atoms with Crippen LogP contribution in [0.3, 0.4) is 0 Å². The van der Waals surface area contributed by atoms with Crippen LogP contribution < -0.4 is 5.73 Å². The quantitative estimate of drug-likeness (QED) is 0.768. The highest BCUT2D eigenvalue weighted by Gasteiger charge is 2.32. The van der Waals surface area contributed by atoms with Gasteiger partial charge in [0.25, 0.3) is 0 Å². The summed E-state index contributed by atoms with van der Waals surface area (Å²) in [5, 5.41) is 0. The number of rotatable bonds is 6. The summed E-state index contributed by atoms with van der Waals surface area (Å²) in [6.45, 7) is 6.17. The molecule has 1 saturated carbocycles. The van der Waals surface area contributed by atoms with E-state index in [0.717, 1.165) is 38.8 Å². The van der Waals surface area contributed by atoms with Gasteiger partial charge in [-0.2, -0.15) is 0 Å². The molecule has 0 aliphatic heterocycles. The average molecular weight is 242 g/mol. The monoisotopic (exact) mass is 242 g/mol. The van der Waals surface area contributed by atoms with Crippen LogP contribution in [0.2, 0.25) is 0 Å². The van der Waals surface area contributed by atoms with E-state index in [0.29, 0.717) is 6.54 Å². The molecule has 1 rings (SSSR count). The van der Waals surface area contributed by atoms with Crippen molar-refractivity contribution in [2.45, 2.75) is 51.6 Å². The van der Waals surface area contributed by atoms with Crippen LogP contribution in [0.15, 0.2) is 0 Å². The predicted molar refractivity (Wildman–Crippen MR) is 68.8 cm³/mol. The molecule has 4 nitrogen and oxygen atoms in total. The molecule has 1 amide bonds. The van der Waals surface area contributed by atoms with Crippen molar-refractivity contribution in [1.29, 1.82) is 0 Å². The van der Waals surface area contributed by atoms with Crippen LogP contribution in [-0.2, 0) is 9.53 Å². The van der Waals surface area contributed by atoms with E-state index in [4.69, 9.17) is 10.5 Å². The molecule has 0 aromatic rings. The van der Waals surface area contributed by atoms with Crippen molar-refractivity contribution in [3.8, 4) is 0 Å². The van der Waals surface area contributed by atoms with Gasteiger partial charge in [-0.15, -0.1) is 0 Å². The van der Waals surface area contributed by atoms with E-state index in [9.17, 15) is 4.79 Å². The SMILES string of the molecule is CCN(CC)C(=O)COC1(CN)CCCCC1. The molecular weight excluding hydrogens is 216 g/mol. The number of nitrogens with zero attached hydrogens (tertiary/aromatic N) is 1. The van der Waals surface area contributed by atoms with Gasteiger partial charge < -0.3 is 15.4 Å². The lowest BCUT2D eigenvalue weighted by atomic mass is 9.85. The molecule has 0 aromatic carbocycles. The third kappa shape index (κ3) is 3.96. The van der Waals surface area contributed by atoms with E-state index in [2.05, 4.69) is 0 Å². The maximum Gasteiger partial charge on any atom is 0.248 e. The Morgan fingerprint density at radius 3 is 2.29 bits per heavy atom. The highest BCUT2D eigenvalue weighted by Crippen LogP contribution is 2.30. The summed E-state index contributed by atoms with van der Waals surface area (Å²) in [6.07, 6.45) is 5.58. The number of carbonyl (C=O) groups excluding carboxylic acids is 1. The fraction of sp³-hybridized carbons (Fsp3) is 0.923. The Labute approximate surface area is 104 Å². The first-order valence-corrected chi connectivity index (χ1v) is 6.79. The number of nitrogens with two attached hydrogens (primary N) is 1. The molecule has 0 atom stereocenters. The number of hydrogen-bond donors (Lipinski definition) is 1. The second kappa shape index (κ2) is 6.97. The van der Waals surface area contributed by atoms with E-state index >= 15 is 0 Å². The Kier molecular flexibility index (Phi) is 5.92. The summed E-state index contributed by atoms with van der Waals surface area (Å²) >= 11 is 0. The summed E-state index contributed by atoms with van der Waals surface area (Å²) in [6, 6.07) is 0. The molecule has 0 radical (unpaired) electrons. The Hall–Kier alpha value is -0.610. The van der Waals surface area contributed by atoms with Crippen molar-refractivity contribution in [3.05, 3.63) is 0 Å². The summed E-state index contributed by atoms with van der Waals surface area (Å²) in [5.74, 6) is 0.0772. The normalized spacial score (nSPS) is 19.0. The first-order chi connectivity index (χ1) is 8.17. The summed E-state index contributed by atoms with van der Waals surface area (Å²) in [4.78, 5) is 13.7. The highest BCUT2D eigenvalue weighted by atomic mass is 16.5. The van der Waals surface area contributed by atoms with Crippen LogP contribution in [0.4, 0.5) is 0 Å². The average Bonchev–Trinajstić information content (AvgIpc) is 2.39. The maximum atomic E-state index is 11.9. The van der Waals surface area contributed by atoms with Gasteiger partial charge in [-0.05, 0) is 26.7 Å². The second-order valence-corrected chi connectivity index (χ2v) is 4.80. The summed E-state index contributed by atoms with van der Waals surface area (Å²) in [5.41, 5.74) is 5.58. The zero-order valence-electron chi connectivity index (χ0n) is 11.2. The van der Waals surface area contributed by atoms with Gasteiger partial charge in [0.05, 0.1) is 5.60 Å². The van der Waals surface area contributed by atoms with Crippen molar-refractivity contribution < 1.29 is 9.53 Å². The van der Waals surface area contributed by atoms with Gasteiger partial charge in [0.1, 0.15) is 6.61 Å². The van der Waals surface area contributed by atoms with Crippen molar-refractivity contribution in [2.75, 3.05) is 26.2 Å². The van der Waals surface area contributed by atoms with E-state index < -0.39 is 0 Å². The molecule has 0 unspecified atom stereocenters. The minimum Gasteiger partial charge on any atom is -0.364 e. The Bertz CT molecular complexity index is 234. The fourth-order valence-corrected chi connectivity index (χ4v) is 2.49. The number of carbonyl (C=O) groups is 1. The van der Waals surface area contributed by atoms with Crippen LogP contribution in [0.1, 0.15) is 46.0 Å². The molecule has 0 heterocycles. The second-order valence-electron chi connectivity index (χ2n) is 4.80. The fourth-order valence-electron chi connectivity index (χ4n) is 2.49. The topological polar surface area (TPSA) is 55.6 Å². The number of ether oxygens (including phenoxy) is 1. The molecule has 4 heteroatoms. The van der Waals surface area contributed by atoms with E-state index in [1.54, 1.807) is 4.90 Å². The summed E-state index contributed by atoms with van der Waals surface area (Å²) in [7, 11) is 0. The molecule has 2 N–H and O–H groups in total. The number of amides is 1. The molecule has 1 aliphatic carbocycles. The third-order valence-corrected chi connectivity index (χ3v) is 3.75. The first kappa shape index (κ1) is 14.5. The smallest absolute Gasteiger partial charge is 0.248 e. The Balaban J connectivity index is 2.44. The first-order valence-electron chi connectivity index (χ1n) is 6.79.